The molecule has 130 valence electrons. The molecule has 0 radical (unpaired) electrons. The molecule has 0 aliphatic heterocycles. The number of allylic oxidation sites excluding steroid dienone is 12. The normalized spacial score (nSPS) is 30.2. The number of hydrogen-bond donors (Lipinski definition) is 0. The molecule has 2 rings (SSSR count). The lowest BCUT2D eigenvalue weighted by molar-refractivity contribution is 0.123. The van der Waals surface area contributed by atoms with E-state index in [1.807, 2.05) is 32.1 Å². The van der Waals surface area contributed by atoms with Gasteiger partial charge < -0.3 is 0 Å². The summed E-state index contributed by atoms with van der Waals surface area (Å²) in [5.41, 5.74) is 2.91. The molecule has 0 amide bonds. The van der Waals surface area contributed by atoms with Gasteiger partial charge >= 0.3 is 0 Å². The van der Waals surface area contributed by atoms with E-state index in [0.29, 0.717) is 0 Å². The van der Waals surface area contributed by atoms with E-state index < -0.39 is 0 Å². The van der Waals surface area contributed by atoms with E-state index in [4.69, 9.17) is 0 Å². The smallest absolute Gasteiger partial charge is 0.127 e. The van der Waals surface area contributed by atoms with Gasteiger partial charge in [-0.3, -0.25) is 0 Å². The summed E-state index contributed by atoms with van der Waals surface area (Å²) in [6.07, 6.45) is 18.5. The van der Waals surface area contributed by atoms with Crippen molar-refractivity contribution >= 4 is 0 Å². The van der Waals surface area contributed by atoms with Gasteiger partial charge in [-0.15, -0.1) is 0 Å². The lowest BCUT2D eigenvalue weighted by Gasteiger charge is -2.52. The van der Waals surface area contributed by atoms with Crippen LogP contribution < -0.4 is 0 Å². The molecule has 0 heterocycles. The zero-order valence-electron chi connectivity index (χ0n) is 16.0. The minimum absolute atomic E-state index is 0.0413. The van der Waals surface area contributed by atoms with Gasteiger partial charge in [0, 0.05) is 11.3 Å². The first-order valence-corrected chi connectivity index (χ1v) is 9.04. The summed E-state index contributed by atoms with van der Waals surface area (Å²) < 4.78 is 14.9. The molecular weight excluding hydrogens is 295 g/mol. The minimum Gasteiger partial charge on any atom is -0.207 e. The monoisotopic (exact) mass is 326 g/mol. The summed E-state index contributed by atoms with van der Waals surface area (Å²) in [4.78, 5) is 0. The van der Waals surface area contributed by atoms with Crippen LogP contribution in [0.5, 0.6) is 0 Å². The maximum Gasteiger partial charge on any atom is 0.127 e. The summed E-state index contributed by atoms with van der Waals surface area (Å²) in [6.45, 7) is 13.0. The Bertz CT molecular complexity index is 664. The maximum absolute atomic E-state index is 14.9. The summed E-state index contributed by atoms with van der Waals surface area (Å²) in [7, 11) is 0. The van der Waals surface area contributed by atoms with Crippen LogP contribution in [0.1, 0.15) is 54.4 Å². The summed E-state index contributed by atoms with van der Waals surface area (Å²) in [6, 6.07) is 0. The van der Waals surface area contributed by atoms with Crippen LogP contribution in [0, 0.1) is 16.7 Å². The van der Waals surface area contributed by atoms with Crippen LogP contribution in [-0.2, 0) is 0 Å². The zero-order chi connectivity index (χ0) is 18.0. The third-order valence-corrected chi connectivity index (χ3v) is 5.72. The Hall–Kier alpha value is -1.63. The minimum atomic E-state index is -0.0941. The molecule has 2 aliphatic carbocycles. The molecule has 2 unspecified atom stereocenters. The molecule has 0 aromatic rings. The highest BCUT2D eigenvalue weighted by Crippen LogP contribution is 2.59. The predicted molar refractivity (Wildman–Crippen MR) is 103 cm³/mol. The van der Waals surface area contributed by atoms with Crippen molar-refractivity contribution in [1.29, 1.82) is 0 Å². The van der Waals surface area contributed by atoms with Crippen LogP contribution in [0.4, 0.5) is 4.39 Å². The molecule has 0 bridgehead atoms. The molecule has 0 nitrogen and oxygen atoms in total. The van der Waals surface area contributed by atoms with Gasteiger partial charge in [-0.05, 0) is 49.3 Å². The topological polar surface area (TPSA) is 0 Å². The maximum atomic E-state index is 14.9. The SMILES string of the molecule is C/C=C\C=C/C1=CC(C)(C)C(C)(C=CCC)C2CC(C)=CC(F)=C12. The van der Waals surface area contributed by atoms with Crippen molar-refractivity contribution in [1.82, 2.24) is 0 Å². The molecule has 24 heavy (non-hydrogen) atoms. The standard InChI is InChI=1S/C23H31F/c1-7-9-11-12-18-16-22(4,5)23(6,13-10-8-2)19-14-17(3)15-20(24)21(18)19/h7,9-13,15-16,19H,8,14H2,1-6H3/b9-7-,12-11-,13-10?. The van der Waals surface area contributed by atoms with Crippen molar-refractivity contribution < 1.29 is 4.39 Å². The number of fused-ring (bicyclic) bond motifs is 1. The second-order valence-electron chi connectivity index (χ2n) is 7.81. The Morgan fingerprint density at radius 2 is 1.96 bits per heavy atom. The molecule has 1 heteroatoms. The highest BCUT2D eigenvalue weighted by Gasteiger charge is 2.50. The summed E-state index contributed by atoms with van der Waals surface area (Å²) in [5.74, 6) is 0.113. The van der Waals surface area contributed by atoms with Gasteiger partial charge in [-0.25, -0.2) is 4.39 Å². The summed E-state index contributed by atoms with van der Waals surface area (Å²) in [5, 5.41) is 0. The molecule has 0 saturated carbocycles. The summed E-state index contributed by atoms with van der Waals surface area (Å²) >= 11 is 0. The Morgan fingerprint density at radius 1 is 1.25 bits per heavy atom. The van der Waals surface area contributed by atoms with Crippen LogP contribution in [-0.4, -0.2) is 0 Å². The first kappa shape index (κ1) is 18.7. The first-order chi connectivity index (χ1) is 11.3. The first-order valence-electron chi connectivity index (χ1n) is 9.04. The van der Waals surface area contributed by atoms with Gasteiger partial charge in [0.1, 0.15) is 5.83 Å². The fraction of sp³-hybridized carbons (Fsp3) is 0.478. The molecule has 2 aliphatic rings. The van der Waals surface area contributed by atoms with Crippen molar-refractivity contribution in [2.45, 2.75) is 54.4 Å². The molecular formula is C23H31F. The third kappa shape index (κ3) is 3.27. The second kappa shape index (κ2) is 7.09. The van der Waals surface area contributed by atoms with Crippen LogP contribution in [0.15, 0.2) is 71.2 Å². The quantitative estimate of drug-likeness (QED) is 0.377. The van der Waals surface area contributed by atoms with E-state index in [1.165, 1.54) is 0 Å². The van der Waals surface area contributed by atoms with Crippen molar-refractivity contribution in [2.75, 3.05) is 0 Å². The van der Waals surface area contributed by atoms with E-state index in [0.717, 1.165) is 29.6 Å². The number of hydrogen-bond acceptors (Lipinski definition) is 0. The largest absolute Gasteiger partial charge is 0.207 e. The third-order valence-electron chi connectivity index (χ3n) is 5.72. The van der Waals surface area contributed by atoms with Gasteiger partial charge in [0.05, 0.1) is 0 Å². The molecule has 0 saturated heterocycles. The van der Waals surface area contributed by atoms with E-state index >= 15 is 0 Å². The van der Waals surface area contributed by atoms with Crippen LogP contribution in [0.2, 0.25) is 0 Å². The number of halogens is 1. The van der Waals surface area contributed by atoms with Crippen molar-refractivity contribution in [3.05, 3.63) is 71.2 Å². The average Bonchev–Trinajstić information content (AvgIpc) is 2.50. The van der Waals surface area contributed by atoms with Gasteiger partial charge in [0.15, 0.2) is 0 Å². The fourth-order valence-electron chi connectivity index (χ4n) is 3.97. The fourth-order valence-corrected chi connectivity index (χ4v) is 3.97. The lowest BCUT2D eigenvalue weighted by atomic mass is 9.51. The van der Waals surface area contributed by atoms with Crippen molar-refractivity contribution in [3.63, 3.8) is 0 Å². The molecule has 0 N–H and O–H groups in total. The highest BCUT2D eigenvalue weighted by molar-refractivity contribution is 5.54. The lowest BCUT2D eigenvalue weighted by Crippen LogP contribution is -2.44. The van der Waals surface area contributed by atoms with Gasteiger partial charge in [-0.2, -0.15) is 0 Å². The van der Waals surface area contributed by atoms with Crippen LogP contribution >= 0.6 is 0 Å². The van der Waals surface area contributed by atoms with Gasteiger partial charge in [-0.1, -0.05) is 75.8 Å². The molecule has 0 spiro atoms. The Labute approximate surface area is 147 Å². The zero-order valence-corrected chi connectivity index (χ0v) is 16.0. The molecule has 0 fully saturated rings. The van der Waals surface area contributed by atoms with E-state index in [1.54, 1.807) is 6.08 Å². The second-order valence-corrected chi connectivity index (χ2v) is 7.81. The highest BCUT2D eigenvalue weighted by atomic mass is 19.1. The van der Waals surface area contributed by atoms with Gasteiger partial charge in [0.25, 0.3) is 0 Å². The van der Waals surface area contributed by atoms with Crippen LogP contribution in [0.25, 0.3) is 0 Å². The van der Waals surface area contributed by atoms with E-state index in [9.17, 15) is 4.39 Å². The van der Waals surface area contributed by atoms with Crippen molar-refractivity contribution in [2.24, 2.45) is 16.7 Å². The number of rotatable bonds is 4. The van der Waals surface area contributed by atoms with E-state index in [-0.39, 0.29) is 22.6 Å². The molecule has 2 atom stereocenters. The predicted octanol–water partition coefficient (Wildman–Crippen LogP) is 7.25. The Balaban J connectivity index is 2.67. The van der Waals surface area contributed by atoms with Gasteiger partial charge in [0.2, 0.25) is 0 Å². The van der Waals surface area contributed by atoms with E-state index in [2.05, 4.69) is 52.0 Å². The molecule has 0 aromatic carbocycles. The Kier molecular flexibility index (Phi) is 5.52. The molecule has 0 aromatic heterocycles. The van der Waals surface area contributed by atoms with Crippen molar-refractivity contribution in [3.8, 4) is 0 Å². The Morgan fingerprint density at radius 3 is 2.58 bits per heavy atom. The van der Waals surface area contributed by atoms with Crippen LogP contribution in [0.3, 0.4) is 0 Å². The average molecular weight is 326 g/mol.